The molecule has 2 heterocycles. The average molecular weight is 357 g/mol. The summed E-state index contributed by atoms with van der Waals surface area (Å²) in [5, 5.41) is 6.25. The summed E-state index contributed by atoms with van der Waals surface area (Å²) in [4.78, 5) is 25.6. The van der Waals surface area contributed by atoms with Gasteiger partial charge in [-0.15, -0.1) is 0 Å². The van der Waals surface area contributed by atoms with E-state index in [1.54, 1.807) is 0 Å². The van der Waals surface area contributed by atoms with Crippen LogP contribution in [0.25, 0.3) is 0 Å². The quantitative estimate of drug-likeness (QED) is 0.766. The Morgan fingerprint density at radius 2 is 0.808 bits per heavy atom. The molecule has 2 fully saturated rings. The maximum atomic E-state index is 12.8. The summed E-state index contributed by atoms with van der Waals surface area (Å²) in [6.45, 7) is 0. The van der Waals surface area contributed by atoms with Crippen molar-refractivity contribution < 1.29 is 9.59 Å². The molecular weight excluding hydrogens is 324 g/mol. The molecule has 0 bridgehead atoms. The summed E-state index contributed by atoms with van der Waals surface area (Å²) in [6, 6.07) is 0. The highest BCUT2D eigenvalue weighted by Crippen LogP contribution is 2.40. The van der Waals surface area contributed by atoms with Gasteiger partial charge in [0.05, 0.1) is 11.1 Å². The second-order valence-electron chi connectivity index (χ2n) is 8.57. The molecule has 4 aliphatic rings. The highest BCUT2D eigenvalue weighted by Gasteiger charge is 2.43. The number of carbonyl (C=O) groups excluding carboxylic acids is 2. The van der Waals surface area contributed by atoms with Crippen LogP contribution in [0.5, 0.6) is 0 Å². The van der Waals surface area contributed by atoms with Crippen LogP contribution in [-0.2, 0) is 9.59 Å². The lowest BCUT2D eigenvalue weighted by Gasteiger charge is -2.22. The molecule has 4 heteroatoms. The number of rotatable bonds is 2. The molecule has 26 heavy (non-hydrogen) atoms. The monoisotopic (exact) mass is 356 g/mol. The molecule has 0 radical (unpaired) electrons. The van der Waals surface area contributed by atoms with E-state index >= 15 is 0 Å². The van der Waals surface area contributed by atoms with Gasteiger partial charge in [-0.1, -0.05) is 64.2 Å². The summed E-state index contributed by atoms with van der Waals surface area (Å²) >= 11 is 0. The summed E-state index contributed by atoms with van der Waals surface area (Å²) in [5.41, 5.74) is 3.26. The minimum Gasteiger partial charge on any atom is -0.325 e. The Balaban J connectivity index is 1.63. The number of hydrogen-bond donors (Lipinski definition) is 2. The van der Waals surface area contributed by atoms with Gasteiger partial charge in [0.2, 0.25) is 0 Å². The summed E-state index contributed by atoms with van der Waals surface area (Å²) in [5.74, 6) is 0.614. The normalized spacial score (nSPS) is 26.8. The van der Waals surface area contributed by atoms with Crippen molar-refractivity contribution in [2.24, 2.45) is 11.8 Å². The lowest BCUT2D eigenvalue weighted by molar-refractivity contribution is -0.117. The molecule has 4 rings (SSSR count). The smallest absolute Gasteiger partial charge is 0.258 e. The maximum absolute atomic E-state index is 12.8. The lowest BCUT2D eigenvalue weighted by Crippen LogP contribution is -2.28. The van der Waals surface area contributed by atoms with Gasteiger partial charge in [-0.3, -0.25) is 9.59 Å². The van der Waals surface area contributed by atoms with Gasteiger partial charge in [0.1, 0.15) is 0 Å². The zero-order valence-electron chi connectivity index (χ0n) is 15.9. The first-order chi connectivity index (χ1) is 12.8. The van der Waals surface area contributed by atoms with Gasteiger partial charge in [0.25, 0.3) is 11.8 Å². The summed E-state index contributed by atoms with van der Waals surface area (Å²) < 4.78 is 0. The Labute approximate surface area is 156 Å². The van der Waals surface area contributed by atoms with E-state index in [0.717, 1.165) is 37.1 Å². The third-order valence-electron chi connectivity index (χ3n) is 6.77. The molecule has 142 valence electrons. The van der Waals surface area contributed by atoms with Gasteiger partial charge < -0.3 is 10.6 Å². The van der Waals surface area contributed by atoms with Crippen molar-refractivity contribution in [1.29, 1.82) is 0 Å². The molecule has 0 spiro atoms. The van der Waals surface area contributed by atoms with Gasteiger partial charge in [-0.25, -0.2) is 0 Å². The fourth-order valence-corrected chi connectivity index (χ4v) is 5.34. The number of amides is 2. The number of fused-ring (bicyclic) bond motifs is 1. The molecule has 0 unspecified atom stereocenters. The van der Waals surface area contributed by atoms with Crippen LogP contribution in [0.2, 0.25) is 0 Å². The van der Waals surface area contributed by atoms with Gasteiger partial charge in [-0.2, -0.15) is 0 Å². The largest absolute Gasteiger partial charge is 0.325 e. The van der Waals surface area contributed by atoms with Crippen LogP contribution >= 0.6 is 0 Å². The number of nitrogens with one attached hydrogen (secondary N) is 2. The summed E-state index contributed by atoms with van der Waals surface area (Å²) in [6.07, 6.45) is 16.9. The third-order valence-corrected chi connectivity index (χ3v) is 6.77. The molecule has 4 nitrogen and oxygen atoms in total. The SMILES string of the molecule is O=C1NC(C2CCCCCCC2)=C2C(=O)NC(C3CCCCCCC3)=C12. The van der Waals surface area contributed by atoms with Crippen LogP contribution in [0.3, 0.4) is 0 Å². The molecule has 0 aromatic carbocycles. The standard InChI is InChI=1S/C22H32N2O2/c25-21-17-18(20(24-21)16-13-9-5-2-6-10-14-16)22(26)23-19(17)15-11-7-3-1-4-8-12-15/h15-16H,1-14H2,(H,23,26)(H,24,25). The van der Waals surface area contributed by atoms with Crippen LogP contribution in [0.4, 0.5) is 0 Å². The zero-order chi connectivity index (χ0) is 17.9. The molecular formula is C22H32N2O2. The van der Waals surface area contributed by atoms with Crippen molar-refractivity contribution in [2.75, 3.05) is 0 Å². The Bertz CT molecular complexity index is 575. The fraction of sp³-hybridized carbons (Fsp3) is 0.727. The van der Waals surface area contributed by atoms with Crippen molar-refractivity contribution in [3.8, 4) is 0 Å². The molecule has 2 N–H and O–H groups in total. The van der Waals surface area contributed by atoms with Crippen LogP contribution in [-0.4, -0.2) is 11.8 Å². The van der Waals surface area contributed by atoms with E-state index in [-0.39, 0.29) is 11.8 Å². The molecule has 0 aromatic heterocycles. The predicted octanol–water partition coefficient (Wildman–Crippen LogP) is 4.48. The molecule has 2 saturated carbocycles. The minimum atomic E-state index is -0.0348. The van der Waals surface area contributed by atoms with Crippen molar-refractivity contribution >= 4 is 11.8 Å². The van der Waals surface area contributed by atoms with E-state index in [2.05, 4.69) is 10.6 Å². The Morgan fingerprint density at radius 1 is 0.500 bits per heavy atom. The van der Waals surface area contributed by atoms with Crippen molar-refractivity contribution in [1.82, 2.24) is 10.6 Å². The Morgan fingerprint density at radius 3 is 1.15 bits per heavy atom. The maximum Gasteiger partial charge on any atom is 0.258 e. The summed E-state index contributed by atoms with van der Waals surface area (Å²) in [7, 11) is 0. The topological polar surface area (TPSA) is 58.2 Å². The second-order valence-corrected chi connectivity index (χ2v) is 8.57. The van der Waals surface area contributed by atoms with E-state index < -0.39 is 0 Å². The van der Waals surface area contributed by atoms with Gasteiger partial charge >= 0.3 is 0 Å². The molecule has 2 aliphatic heterocycles. The first kappa shape index (κ1) is 17.8. The highest BCUT2D eigenvalue weighted by atomic mass is 16.2. The third kappa shape index (κ3) is 3.47. The second kappa shape index (κ2) is 7.98. The number of hydrogen-bond acceptors (Lipinski definition) is 2. The average Bonchev–Trinajstić information content (AvgIpc) is 3.07. The van der Waals surface area contributed by atoms with E-state index in [0.29, 0.717) is 23.0 Å². The first-order valence-corrected chi connectivity index (χ1v) is 10.9. The first-order valence-electron chi connectivity index (χ1n) is 10.9. The van der Waals surface area contributed by atoms with Gasteiger partial charge in [0, 0.05) is 11.4 Å². The van der Waals surface area contributed by atoms with Crippen LogP contribution in [0.1, 0.15) is 89.9 Å². The number of carbonyl (C=O) groups is 2. The zero-order valence-corrected chi connectivity index (χ0v) is 15.9. The van der Waals surface area contributed by atoms with Gasteiger partial charge in [0.15, 0.2) is 0 Å². The van der Waals surface area contributed by atoms with Crippen LogP contribution < -0.4 is 10.6 Å². The predicted molar refractivity (Wildman–Crippen MR) is 102 cm³/mol. The van der Waals surface area contributed by atoms with Crippen molar-refractivity contribution in [3.05, 3.63) is 22.5 Å². The minimum absolute atomic E-state index is 0.0348. The highest BCUT2D eigenvalue weighted by molar-refractivity contribution is 6.19. The van der Waals surface area contributed by atoms with Crippen molar-refractivity contribution in [2.45, 2.75) is 89.9 Å². The molecule has 0 saturated heterocycles. The Hall–Kier alpha value is -1.58. The van der Waals surface area contributed by atoms with E-state index in [1.165, 1.54) is 64.2 Å². The lowest BCUT2D eigenvalue weighted by atomic mass is 9.85. The molecule has 0 aromatic rings. The fourth-order valence-electron chi connectivity index (χ4n) is 5.34. The van der Waals surface area contributed by atoms with Gasteiger partial charge in [-0.05, 0) is 37.5 Å². The van der Waals surface area contributed by atoms with E-state index in [1.807, 2.05) is 0 Å². The molecule has 2 aliphatic carbocycles. The van der Waals surface area contributed by atoms with E-state index in [4.69, 9.17) is 0 Å². The van der Waals surface area contributed by atoms with Crippen LogP contribution in [0.15, 0.2) is 22.5 Å². The van der Waals surface area contributed by atoms with E-state index in [9.17, 15) is 9.59 Å². The van der Waals surface area contributed by atoms with Crippen molar-refractivity contribution in [3.63, 3.8) is 0 Å². The molecule has 0 atom stereocenters. The molecule has 2 amide bonds. The number of allylic oxidation sites excluding steroid dienone is 2. The Kier molecular flexibility index (Phi) is 5.46. The van der Waals surface area contributed by atoms with Crippen LogP contribution in [0, 0.1) is 11.8 Å².